The number of hydrogen-bond acceptors (Lipinski definition) is 6. The summed E-state index contributed by atoms with van der Waals surface area (Å²) in [6.45, 7) is 0.145. The highest BCUT2D eigenvalue weighted by Crippen LogP contribution is 2.26. The van der Waals surface area contributed by atoms with Crippen LogP contribution in [0.15, 0.2) is 78.9 Å². The molecule has 0 saturated heterocycles. The minimum absolute atomic E-state index is 0.0704. The van der Waals surface area contributed by atoms with Crippen LogP contribution in [0.5, 0.6) is 5.75 Å². The lowest BCUT2D eigenvalue weighted by atomic mass is 10.0. The molecule has 0 aliphatic rings. The second kappa shape index (κ2) is 9.90. The third-order valence-corrected chi connectivity index (χ3v) is 5.17. The zero-order valence-corrected chi connectivity index (χ0v) is 18.1. The molecule has 0 spiro atoms. The smallest absolute Gasteiger partial charge is 0.271 e. The molecule has 0 aromatic heterocycles. The summed E-state index contributed by atoms with van der Waals surface area (Å²) in [5.41, 5.74) is 4.89. The fourth-order valence-corrected chi connectivity index (χ4v) is 3.75. The summed E-state index contributed by atoms with van der Waals surface area (Å²) in [5, 5.41) is 2.84. The molecular formula is C23H23FN2O5S. The monoisotopic (exact) mass is 458 g/mol. The number of amides is 1. The lowest BCUT2D eigenvalue weighted by molar-refractivity contribution is -0.137. The zero-order chi connectivity index (χ0) is 23.2. The molecule has 0 bridgehead atoms. The molecule has 0 radical (unpaired) electrons. The number of rotatable bonds is 10. The number of ether oxygens (including phenoxy) is 1. The zero-order valence-electron chi connectivity index (χ0n) is 17.3. The van der Waals surface area contributed by atoms with Crippen molar-refractivity contribution < 1.29 is 26.5 Å². The van der Waals surface area contributed by atoms with Gasteiger partial charge in [0.1, 0.15) is 18.2 Å². The lowest BCUT2D eigenvalue weighted by Gasteiger charge is -2.31. The number of halogens is 1. The average Bonchev–Trinajstić information content (AvgIpc) is 2.76. The quantitative estimate of drug-likeness (QED) is 0.357. The Morgan fingerprint density at radius 2 is 1.62 bits per heavy atom. The maximum Gasteiger partial charge on any atom is 0.271 e. The van der Waals surface area contributed by atoms with Crippen LogP contribution >= 0.6 is 0 Å². The van der Waals surface area contributed by atoms with E-state index in [-0.39, 0.29) is 24.5 Å². The third-order valence-electron chi connectivity index (χ3n) is 4.62. The summed E-state index contributed by atoms with van der Waals surface area (Å²) in [6, 6.07) is 21.2. The van der Waals surface area contributed by atoms with E-state index in [4.69, 9.17) is 14.7 Å². The number of carbonyl (C=O) groups excluding carboxylic acids is 1. The Hall–Kier alpha value is -3.27. The van der Waals surface area contributed by atoms with Crippen LogP contribution in [-0.2, 0) is 38.0 Å². The van der Waals surface area contributed by atoms with Gasteiger partial charge in [-0.05, 0) is 23.8 Å². The van der Waals surface area contributed by atoms with Crippen molar-refractivity contribution in [3.63, 3.8) is 0 Å². The molecule has 3 rings (SSSR count). The molecule has 9 heteroatoms. The maximum atomic E-state index is 13.7. The van der Waals surface area contributed by atoms with Gasteiger partial charge in [0.2, 0.25) is 5.72 Å². The minimum atomic E-state index is -4.04. The average molecular weight is 459 g/mol. The predicted octanol–water partition coefficient (Wildman–Crippen LogP) is 2.81. The number of nitrogens with two attached hydrogens (primary N) is 1. The highest BCUT2D eigenvalue weighted by molar-refractivity contribution is 7.86. The fourth-order valence-electron chi connectivity index (χ4n) is 3.06. The van der Waals surface area contributed by atoms with Crippen LogP contribution in [-0.4, -0.2) is 20.6 Å². The highest BCUT2D eigenvalue weighted by Gasteiger charge is 2.43. The van der Waals surface area contributed by atoms with Gasteiger partial charge in [0.15, 0.2) is 0 Å². The summed E-state index contributed by atoms with van der Waals surface area (Å²) >= 11 is 0. The van der Waals surface area contributed by atoms with Gasteiger partial charge in [-0.1, -0.05) is 60.7 Å². The van der Waals surface area contributed by atoms with Crippen molar-refractivity contribution in [1.29, 1.82) is 0 Å². The standard InChI is InChI=1S/C23H23FN2O5S/c1-32(28,29)31-23(22(25)27,19-8-3-2-4-9-19)26-15-17-11-13-20(14-12-17)30-16-18-7-5-6-10-21(18)24/h2-14,26H,15-16H2,1H3,(H2,25,27). The molecule has 7 nitrogen and oxygen atoms in total. The van der Waals surface area contributed by atoms with Gasteiger partial charge in [-0.3, -0.25) is 10.1 Å². The molecule has 0 aliphatic heterocycles. The van der Waals surface area contributed by atoms with Crippen LogP contribution in [0.4, 0.5) is 4.39 Å². The molecule has 1 atom stereocenters. The van der Waals surface area contributed by atoms with Crippen molar-refractivity contribution in [2.45, 2.75) is 18.9 Å². The predicted molar refractivity (Wildman–Crippen MR) is 117 cm³/mol. The van der Waals surface area contributed by atoms with Crippen LogP contribution in [0.1, 0.15) is 16.7 Å². The molecule has 3 N–H and O–H groups in total. The van der Waals surface area contributed by atoms with E-state index in [1.54, 1.807) is 72.8 Å². The van der Waals surface area contributed by atoms with E-state index in [2.05, 4.69) is 5.32 Å². The van der Waals surface area contributed by atoms with Crippen molar-refractivity contribution >= 4 is 16.0 Å². The Morgan fingerprint density at radius 1 is 1.00 bits per heavy atom. The first-order valence-corrected chi connectivity index (χ1v) is 11.5. The van der Waals surface area contributed by atoms with E-state index in [1.807, 2.05) is 0 Å². The van der Waals surface area contributed by atoms with Crippen LogP contribution in [0.25, 0.3) is 0 Å². The molecule has 168 valence electrons. The summed E-state index contributed by atoms with van der Waals surface area (Å²) in [6.07, 6.45) is 0.844. The van der Waals surface area contributed by atoms with E-state index < -0.39 is 21.8 Å². The molecule has 0 fully saturated rings. The van der Waals surface area contributed by atoms with Crippen molar-refractivity contribution in [2.24, 2.45) is 5.73 Å². The molecule has 32 heavy (non-hydrogen) atoms. The number of carbonyl (C=O) groups is 1. The normalized spacial score (nSPS) is 13.3. The van der Waals surface area contributed by atoms with E-state index in [0.717, 1.165) is 6.26 Å². The Labute approximate surface area is 186 Å². The van der Waals surface area contributed by atoms with Crippen LogP contribution in [0.3, 0.4) is 0 Å². The van der Waals surface area contributed by atoms with Gasteiger partial charge in [0, 0.05) is 17.7 Å². The van der Waals surface area contributed by atoms with Gasteiger partial charge >= 0.3 is 0 Å². The topological polar surface area (TPSA) is 108 Å². The Bertz CT molecular complexity index is 1170. The number of primary amides is 1. The van der Waals surface area contributed by atoms with Gasteiger partial charge in [-0.25, -0.2) is 8.57 Å². The molecular weight excluding hydrogens is 435 g/mol. The highest BCUT2D eigenvalue weighted by atomic mass is 32.2. The summed E-state index contributed by atoms with van der Waals surface area (Å²) in [7, 11) is -4.04. The van der Waals surface area contributed by atoms with Crippen molar-refractivity contribution in [3.05, 3.63) is 101 Å². The SMILES string of the molecule is CS(=O)(=O)OC(NCc1ccc(OCc2ccccc2F)cc1)(C(N)=O)c1ccccc1. The molecule has 3 aromatic carbocycles. The molecule has 0 aliphatic carbocycles. The first-order chi connectivity index (χ1) is 15.2. The van der Waals surface area contributed by atoms with E-state index in [1.165, 1.54) is 6.07 Å². The number of hydrogen-bond donors (Lipinski definition) is 2. The summed E-state index contributed by atoms with van der Waals surface area (Å²) < 4.78 is 48.2. The first kappa shape index (κ1) is 23.4. The first-order valence-electron chi connectivity index (χ1n) is 9.66. The van der Waals surface area contributed by atoms with Gasteiger partial charge < -0.3 is 10.5 Å². The second-order valence-electron chi connectivity index (χ2n) is 7.08. The van der Waals surface area contributed by atoms with Crippen molar-refractivity contribution in [1.82, 2.24) is 5.32 Å². The van der Waals surface area contributed by atoms with Gasteiger partial charge in [-0.15, -0.1) is 0 Å². The summed E-state index contributed by atoms with van der Waals surface area (Å²) in [5.74, 6) is -0.824. The van der Waals surface area contributed by atoms with Gasteiger partial charge in [0.05, 0.1) is 6.26 Å². The molecule has 0 heterocycles. The van der Waals surface area contributed by atoms with Crippen LogP contribution < -0.4 is 15.8 Å². The largest absolute Gasteiger partial charge is 0.489 e. The Kier molecular flexibility index (Phi) is 7.24. The number of nitrogens with one attached hydrogen (secondary N) is 1. The lowest BCUT2D eigenvalue weighted by Crippen LogP contribution is -2.55. The minimum Gasteiger partial charge on any atom is -0.489 e. The molecule has 3 aromatic rings. The van der Waals surface area contributed by atoms with Crippen LogP contribution in [0, 0.1) is 5.82 Å². The van der Waals surface area contributed by atoms with Gasteiger partial charge in [0.25, 0.3) is 16.0 Å². The maximum absolute atomic E-state index is 13.7. The van der Waals surface area contributed by atoms with Crippen LogP contribution in [0.2, 0.25) is 0 Å². The third kappa shape index (κ3) is 5.91. The van der Waals surface area contributed by atoms with Crippen molar-refractivity contribution in [2.75, 3.05) is 6.26 Å². The molecule has 1 unspecified atom stereocenters. The van der Waals surface area contributed by atoms with Crippen molar-refractivity contribution in [3.8, 4) is 5.75 Å². The second-order valence-corrected chi connectivity index (χ2v) is 8.65. The number of benzene rings is 3. The van der Waals surface area contributed by atoms with Gasteiger partial charge in [-0.2, -0.15) is 8.42 Å². The van der Waals surface area contributed by atoms with E-state index in [0.29, 0.717) is 16.9 Å². The Morgan fingerprint density at radius 3 is 2.22 bits per heavy atom. The fraction of sp³-hybridized carbons (Fsp3) is 0.174. The van der Waals surface area contributed by atoms with E-state index >= 15 is 0 Å². The Balaban J connectivity index is 1.74. The summed E-state index contributed by atoms with van der Waals surface area (Å²) in [4.78, 5) is 12.3. The molecule has 0 saturated carbocycles. The molecule has 1 amide bonds. The van der Waals surface area contributed by atoms with E-state index in [9.17, 15) is 17.6 Å².